The number of benzene rings is 1. The van der Waals surface area contributed by atoms with Gasteiger partial charge >= 0.3 is 6.03 Å². The summed E-state index contributed by atoms with van der Waals surface area (Å²) in [6, 6.07) is 8.83. The zero-order chi connectivity index (χ0) is 15.1. The maximum absolute atomic E-state index is 12.5. The van der Waals surface area contributed by atoms with Gasteiger partial charge in [-0.3, -0.25) is 4.90 Å². The molecule has 22 heavy (non-hydrogen) atoms. The molecule has 4 heteroatoms. The highest BCUT2D eigenvalue weighted by Crippen LogP contribution is 2.40. The van der Waals surface area contributed by atoms with Crippen molar-refractivity contribution in [3.8, 4) is 0 Å². The molecule has 118 valence electrons. The van der Waals surface area contributed by atoms with Crippen LogP contribution in [-0.4, -0.2) is 48.1 Å². The lowest BCUT2D eigenvalue weighted by molar-refractivity contribution is 0.157. The van der Waals surface area contributed by atoms with E-state index < -0.39 is 0 Å². The van der Waals surface area contributed by atoms with Crippen molar-refractivity contribution in [2.45, 2.75) is 32.2 Å². The van der Waals surface area contributed by atoms with Gasteiger partial charge in [-0.1, -0.05) is 18.6 Å². The van der Waals surface area contributed by atoms with Crippen LogP contribution in [0.1, 0.15) is 24.8 Å². The summed E-state index contributed by atoms with van der Waals surface area (Å²) < 4.78 is 0. The van der Waals surface area contributed by atoms with Gasteiger partial charge in [-0.25, -0.2) is 4.79 Å². The molecule has 4 nitrogen and oxygen atoms in total. The van der Waals surface area contributed by atoms with Crippen LogP contribution in [0.25, 0.3) is 0 Å². The Morgan fingerprint density at radius 2 is 2.14 bits per heavy atom. The highest BCUT2D eigenvalue weighted by molar-refractivity contribution is 5.89. The number of amides is 2. The SMILES string of the molecule is Cc1cccc(NC(=O)N2C[C@@H]3CN4CCCC[C@@H]4[C@H]3C2)c1. The maximum Gasteiger partial charge on any atom is 0.321 e. The standard InChI is InChI=1S/C18H25N3O/c1-13-5-4-6-15(9-13)19-18(22)21-11-14-10-20-8-3-2-7-17(20)16(14)12-21/h4-6,9,14,16-17H,2-3,7-8,10-12H2,1H3,(H,19,22)/t14-,16-,17+/m0/s1. The molecule has 3 fully saturated rings. The third-order valence-electron chi connectivity index (χ3n) is 5.68. The fraction of sp³-hybridized carbons (Fsp3) is 0.611. The molecule has 3 atom stereocenters. The number of anilines is 1. The monoisotopic (exact) mass is 299 g/mol. The lowest BCUT2D eigenvalue weighted by Gasteiger charge is -2.33. The molecule has 0 saturated carbocycles. The van der Waals surface area contributed by atoms with Crippen LogP contribution in [0.5, 0.6) is 0 Å². The summed E-state index contributed by atoms with van der Waals surface area (Å²) in [5, 5.41) is 3.06. The van der Waals surface area contributed by atoms with Crippen LogP contribution in [0.3, 0.4) is 0 Å². The quantitative estimate of drug-likeness (QED) is 0.865. The lowest BCUT2D eigenvalue weighted by Crippen LogP contribution is -2.41. The number of aryl methyl sites for hydroxylation is 1. The summed E-state index contributed by atoms with van der Waals surface area (Å²) in [4.78, 5) is 17.2. The zero-order valence-corrected chi connectivity index (χ0v) is 13.3. The van der Waals surface area contributed by atoms with E-state index in [1.807, 2.05) is 36.1 Å². The van der Waals surface area contributed by atoms with Crippen molar-refractivity contribution in [1.82, 2.24) is 9.80 Å². The van der Waals surface area contributed by atoms with Gasteiger partial charge in [0.1, 0.15) is 0 Å². The fourth-order valence-electron chi connectivity index (χ4n) is 4.65. The minimum absolute atomic E-state index is 0.0716. The van der Waals surface area contributed by atoms with Crippen molar-refractivity contribution in [3.63, 3.8) is 0 Å². The van der Waals surface area contributed by atoms with E-state index in [4.69, 9.17) is 0 Å². The molecule has 1 aromatic rings. The Morgan fingerprint density at radius 3 is 3.00 bits per heavy atom. The molecule has 0 aromatic heterocycles. The number of nitrogens with zero attached hydrogens (tertiary/aromatic N) is 2. The average Bonchev–Trinajstić information content (AvgIpc) is 3.05. The van der Waals surface area contributed by atoms with Gasteiger partial charge in [-0.15, -0.1) is 0 Å². The summed E-state index contributed by atoms with van der Waals surface area (Å²) in [6.45, 7) is 6.38. The zero-order valence-electron chi connectivity index (χ0n) is 13.3. The molecule has 0 unspecified atom stereocenters. The Balaban J connectivity index is 1.40. The third-order valence-corrected chi connectivity index (χ3v) is 5.68. The molecule has 4 rings (SSSR count). The first-order valence-electron chi connectivity index (χ1n) is 8.57. The second-order valence-electron chi connectivity index (χ2n) is 7.19. The third kappa shape index (κ3) is 2.50. The first-order valence-corrected chi connectivity index (χ1v) is 8.57. The molecule has 0 bridgehead atoms. The molecule has 0 radical (unpaired) electrons. The highest BCUT2D eigenvalue weighted by atomic mass is 16.2. The largest absolute Gasteiger partial charge is 0.324 e. The van der Waals surface area contributed by atoms with Gasteiger partial charge in [0.15, 0.2) is 0 Å². The number of piperidine rings is 1. The smallest absolute Gasteiger partial charge is 0.321 e. The Labute approximate surface area is 132 Å². The van der Waals surface area contributed by atoms with Crippen LogP contribution in [0, 0.1) is 18.8 Å². The molecule has 2 amide bonds. The van der Waals surface area contributed by atoms with E-state index in [0.29, 0.717) is 11.8 Å². The lowest BCUT2D eigenvalue weighted by atomic mass is 9.90. The van der Waals surface area contributed by atoms with Crippen molar-refractivity contribution in [3.05, 3.63) is 29.8 Å². The molecule has 3 saturated heterocycles. The van der Waals surface area contributed by atoms with E-state index >= 15 is 0 Å². The Hall–Kier alpha value is -1.55. The number of likely N-dealkylation sites (tertiary alicyclic amines) is 1. The van der Waals surface area contributed by atoms with Crippen molar-refractivity contribution in [1.29, 1.82) is 0 Å². The van der Waals surface area contributed by atoms with Gasteiger partial charge in [0.25, 0.3) is 0 Å². The molecule has 0 spiro atoms. The van der Waals surface area contributed by atoms with Gasteiger partial charge in [0.05, 0.1) is 0 Å². The van der Waals surface area contributed by atoms with E-state index in [0.717, 1.165) is 24.8 Å². The Kier molecular flexibility index (Phi) is 3.57. The fourth-order valence-corrected chi connectivity index (χ4v) is 4.65. The van der Waals surface area contributed by atoms with Crippen LogP contribution in [0.4, 0.5) is 10.5 Å². The minimum Gasteiger partial charge on any atom is -0.324 e. The van der Waals surface area contributed by atoms with Crippen molar-refractivity contribution >= 4 is 11.7 Å². The van der Waals surface area contributed by atoms with Crippen LogP contribution in [-0.2, 0) is 0 Å². The summed E-state index contributed by atoms with van der Waals surface area (Å²) in [7, 11) is 0. The predicted molar refractivity (Wildman–Crippen MR) is 88.0 cm³/mol. The van der Waals surface area contributed by atoms with E-state index in [9.17, 15) is 4.79 Å². The summed E-state index contributed by atoms with van der Waals surface area (Å²) in [6.07, 6.45) is 4.04. The van der Waals surface area contributed by atoms with Gasteiger partial charge in [-0.2, -0.15) is 0 Å². The van der Waals surface area contributed by atoms with Crippen molar-refractivity contribution in [2.75, 3.05) is 31.5 Å². The van der Waals surface area contributed by atoms with E-state index in [1.54, 1.807) is 0 Å². The Bertz CT molecular complexity index is 573. The molecule has 1 aromatic carbocycles. The number of urea groups is 1. The average molecular weight is 299 g/mol. The van der Waals surface area contributed by atoms with Gasteiger partial charge in [0, 0.05) is 31.4 Å². The number of hydrogen-bond acceptors (Lipinski definition) is 2. The predicted octanol–water partition coefficient (Wildman–Crippen LogP) is 2.94. The second kappa shape index (κ2) is 5.58. The van der Waals surface area contributed by atoms with Crippen molar-refractivity contribution in [2.24, 2.45) is 11.8 Å². The maximum atomic E-state index is 12.5. The molecular weight excluding hydrogens is 274 g/mol. The number of nitrogens with one attached hydrogen (secondary N) is 1. The van der Waals surface area contributed by atoms with Crippen LogP contribution in [0.15, 0.2) is 24.3 Å². The van der Waals surface area contributed by atoms with Crippen LogP contribution < -0.4 is 5.32 Å². The first-order chi connectivity index (χ1) is 10.7. The molecule has 0 aliphatic carbocycles. The highest BCUT2D eigenvalue weighted by Gasteiger charge is 2.48. The topological polar surface area (TPSA) is 35.6 Å². The van der Waals surface area contributed by atoms with Gasteiger partial charge < -0.3 is 10.2 Å². The molecule has 3 aliphatic rings. The number of fused-ring (bicyclic) bond motifs is 3. The minimum atomic E-state index is 0.0716. The van der Waals surface area contributed by atoms with E-state index in [1.165, 1.54) is 37.9 Å². The molecule has 1 N–H and O–H groups in total. The van der Waals surface area contributed by atoms with E-state index in [-0.39, 0.29) is 6.03 Å². The number of rotatable bonds is 1. The summed E-state index contributed by atoms with van der Waals surface area (Å²) in [5.41, 5.74) is 2.08. The number of carbonyl (C=O) groups excluding carboxylic acids is 1. The Morgan fingerprint density at radius 1 is 1.23 bits per heavy atom. The normalized spacial score (nSPS) is 31.0. The molecule has 3 aliphatic heterocycles. The first kappa shape index (κ1) is 14.1. The van der Waals surface area contributed by atoms with E-state index in [2.05, 4.69) is 10.2 Å². The van der Waals surface area contributed by atoms with Crippen molar-refractivity contribution < 1.29 is 4.79 Å². The van der Waals surface area contributed by atoms with Gasteiger partial charge in [0.2, 0.25) is 0 Å². The second-order valence-corrected chi connectivity index (χ2v) is 7.19. The van der Waals surface area contributed by atoms with Gasteiger partial charge in [-0.05, 0) is 55.8 Å². The summed E-state index contributed by atoms with van der Waals surface area (Å²) in [5.74, 6) is 1.38. The van der Waals surface area contributed by atoms with Crippen LogP contribution in [0.2, 0.25) is 0 Å². The van der Waals surface area contributed by atoms with Crippen LogP contribution >= 0.6 is 0 Å². The number of hydrogen-bond donors (Lipinski definition) is 1. The summed E-state index contributed by atoms with van der Waals surface area (Å²) >= 11 is 0. The number of carbonyl (C=O) groups is 1. The molecular formula is C18H25N3O. The molecule has 3 heterocycles.